The Labute approximate surface area is 232 Å². The maximum absolute atomic E-state index is 13.3. The number of carbonyl (C=O) groups excluding carboxylic acids is 4. The molecule has 0 heterocycles. The minimum absolute atomic E-state index is 0.274. The van der Waals surface area contributed by atoms with Gasteiger partial charge in [0.25, 0.3) is 0 Å². The number of nitrogens with one attached hydrogen (secondary N) is 1. The summed E-state index contributed by atoms with van der Waals surface area (Å²) in [5, 5.41) is 2.68. The molecule has 1 rings (SSSR count). The van der Waals surface area contributed by atoms with E-state index >= 15 is 0 Å². The summed E-state index contributed by atoms with van der Waals surface area (Å²) < 4.78 is 21.7. The Kier molecular flexibility index (Phi) is 12.9. The van der Waals surface area contributed by atoms with Gasteiger partial charge in [0.2, 0.25) is 0 Å². The fourth-order valence-corrected chi connectivity index (χ4v) is 3.46. The van der Waals surface area contributed by atoms with Crippen molar-refractivity contribution in [2.45, 2.75) is 104 Å². The van der Waals surface area contributed by atoms with Crippen LogP contribution in [-0.4, -0.2) is 71.4 Å². The maximum Gasteiger partial charge on any atom is 0.412 e. The number of nitrogens with zero attached hydrogens (tertiary/aromatic N) is 1. The van der Waals surface area contributed by atoms with Crippen LogP contribution in [0.2, 0.25) is 0 Å². The number of esters is 3. The largest absolute Gasteiger partial charge is 0.459 e. The van der Waals surface area contributed by atoms with Crippen LogP contribution in [0.15, 0.2) is 30.3 Å². The van der Waals surface area contributed by atoms with Gasteiger partial charge in [-0.2, -0.15) is 0 Å². The summed E-state index contributed by atoms with van der Waals surface area (Å²) in [4.78, 5) is 52.2. The van der Waals surface area contributed by atoms with Crippen molar-refractivity contribution in [1.82, 2.24) is 10.2 Å². The highest BCUT2D eigenvalue weighted by atomic mass is 16.6. The van der Waals surface area contributed by atoms with E-state index in [0.29, 0.717) is 25.1 Å². The molecular formula is C29H46N2O8. The van der Waals surface area contributed by atoms with E-state index < -0.39 is 46.8 Å². The van der Waals surface area contributed by atoms with E-state index in [1.807, 2.05) is 6.07 Å². The van der Waals surface area contributed by atoms with Gasteiger partial charge in [0, 0.05) is 6.54 Å². The standard InChI is InChI=1S/C29H46N2O8/c1-27(2,3)37-23(32)19-31(20-24(33)38-28(4,5)6)22(25(34)39-29(7,8)9)17-13-14-18-30-26(35)36-21-15-11-10-12-16-21/h10-12,15-16,22H,13-14,17-20H2,1-9H3,(H,30,35). The lowest BCUT2D eigenvalue weighted by Crippen LogP contribution is -2.50. The van der Waals surface area contributed by atoms with Gasteiger partial charge in [-0.05, 0) is 93.7 Å². The van der Waals surface area contributed by atoms with Gasteiger partial charge in [-0.3, -0.25) is 19.3 Å². The van der Waals surface area contributed by atoms with Gasteiger partial charge in [0.15, 0.2) is 0 Å². The van der Waals surface area contributed by atoms with Gasteiger partial charge in [0.05, 0.1) is 13.1 Å². The summed E-state index contributed by atoms with van der Waals surface area (Å²) in [6.45, 7) is 15.4. The molecule has 10 nitrogen and oxygen atoms in total. The number of unbranched alkanes of at least 4 members (excludes halogenated alkanes) is 1. The lowest BCUT2D eigenvalue weighted by Gasteiger charge is -2.33. The summed E-state index contributed by atoms with van der Waals surface area (Å²) in [6, 6.07) is 7.78. The first-order valence-electron chi connectivity index (χ1n) is 13.3. The monoisotopic (exact) mass is 550 g/mol. The second-order valence-corrected chi connectivity index (χ2v) is 12.3. The van der Waals surface area contributed by atoms with E-state index in [-0.39, 0.29) is 19.5 Å². The molecule has 0 aliphatic heterocycles. The summed E-state index contributed by atoms with van der Waals surface area (Å²) in [5.41, 5.74) is -2.26. The van der Waals surface area contributed by atoms with Gasteiger partial charge in [0.1, 0.15) is 28.6 Å². The smallest absolute Gasteiger partial charge is 0.412 e. The summed E-state index contributed by atoms with van der Waals surface area (Å²) in [7, 11) is 0. The SMILES string of the molecule is CC(C)(C)OC(=O)CN(CC(=O)OC(C)(C)C)C(CCCCNC(=O)Oc1ccccc1)C(=O)OC(C)(C)C. The Morgan fingerprint density at radius 1 is 0.744 bits per heavy atom. The third-order valence-corrected chi connectivity index (χ3v) is 4.75. The number of hydrogen-bond donors (Lipinski definition) is 1. The average Bonchev–Trinajstić information content (AvgIpc) is 2.72. The normalized spacial score (nSPS) is 12.9. The van der Waals surface area contributed by atoms with Crippen LogP contribution in [0.3, 0.4) is 0 Å². The lowest BCUT2D eigenvalue weighted by atomic mass is 10.1. The zero-order chi connectivity index (χ0) is 29.9. The third kappa shape index (κ3) is 16.4. The van der Waals surface area contributed by atoms with Gasteiger partial charge in [-0.1, -0.05) is 18.2 Å². The molecule has 0 aliphatic rings. The van der Waals surface area contributed by atoms with E-state index in [0.717, 1.165) is 0 Å². The topological polar surface area (TPSA) is 120 Å². The molecule has 39 heavy (non-hydrogen) atoms. The molecule has 0 aromatic heterocycles. The summed E-state index contributed by atoms with van der Waals surface area (Å²) in [6.07, 6.45) is 0.710. The Morgan fingerprint density at radius 2 is 1.23 bits per heavy atom. The van der Waals surface area contributed by atoms with Crippen LogP contribution in [0, 0.1) is 0 Å². The molecule has 0 saturated heterocycles. The molecule has 1 unspecified atom stereocenters. The Balaban J connectivity index is 2.94. The van der Waals surface area contributed by atoms with Crippen molar-refractivity contribution in [2.75, 3.05) is 19.6 Å². The van der Waals surface area contributed by atoms with E-state index in [1.54, 1.807) is 86.6 Å². The number of rotatable bonds is 12. The molecule has 1 atom stereocenters. The van der Waals surface area contributed by atoms with E-state index in [9.17, 15) is 19.2 Å². The van der Waals surface area contributed by atoms with Crippen LogP contribution in [-0.2, 0) is 28.6 Å². The molecule has 0 radical (unpaired) electrons. The Hall–Kier alpha value is -3.14. The van der Waals surface area contributed by atoms with Crippen LogP contribution in [0.1, 0.15) is 81.6 Å². The van der Waals surface area contributed by atoms with Crippen molar-refractivity contribution >= 4 is 24.0 Å². The minimum Gasteiger partial charge on any atom is -0.459 e. The van der Waals surface area contributed by atoms with Crippen molar-refractivity contribution in [3.63, 3.8) is 0 Å². The predicted molar refractivity (Wildman–Crippen MR) is 147 cm³/mol. The number of para-hydroxylation sites is 1. The van der Waals surface area contributed by atoms with Crippen LogP contribution >= 0.6 is 0 Å². The molecule has 0 bridgehead atoms. The molecular weight excluding hydrogens is 504 g/mol. The number of amides is 1. The van der Waals surface area contributed by atoms with Crippen molar-refractivity contribution < 1.29 is 38.1 Å². The molecule has 0 fully saturated rings. The molecule has 0 aliphatic carbocycles. The van der Waals surface area contributed by atoms with Gasteiger partial charge < -0.3 is 24.3 Å². The molecule has 1 aromatic rings. The van der Waals surface area contributed by atoms with Crippen LogP contribution in [0.5, 0.6) is 5.75 Å². The molecule has 1 amide bonds. The minimum atomic E-state index is -0.916. The highest BCUT2D eigenvalue weighted by molar-refractivity contribution is 5.80. The first-order chi connectivity index (χ1) is 17.8. The number of hydrogen-bond acceptors (Lipinski definition) is 9. The van der Waals surface area contributed by atoms with Crippen LogP contribution in [0.4, 0.5) is 4.79 Å². The number of carbonyl (C=O) groups is 4. The second-order valence-electron chi connectivity index (χ2n) is 12.3. The molecule has 1 aromatic carbocycles. The Bertz CT molecular complexity index is 913. The van der Waals surface area contributed by atoms with Gasteiger partial charge >= 0.3 is 24.0 Å². The fraction of sp³-hybridized carbons (Fsp3) is 0.655. The van der Waals surface area contributed by atoms with Gasteiger partial charge in [-0.15, -0.1) is 0 Å². The quantitative estimate of drug-likeness (QED) is 0.225. The molecule has 0 saturated carbocycles. The second kappa shape index (κ2) is 14.9. The van der Waals surface area contributed by atoms with E-state index in [4.69, 9.17) is 18.9 Å². The molecule has 10 heteroatoms. The predicted octanol–water partition coefficient (Wildman–Crippen LogP) is 4.64. The van der Waals surface area contributed by atoms with Crippen LogP contribution in [0.25, 0.3) is 0 Å². The van der Waals surface area contributed by atoms with Crippen molar-refractivity contribution in [2.24, 2.45) is 0 Å². The summed E-state index contributed by atoms with van der Waals surface area (Å²) in [5.74, 6) is -1.29. The van der Waals surface area contributed by atoms with Gasteiger partial charge in [-0.25, -0.2) is 4.79 Å². The van der Waals surface area contributed by atoms with Crippen molar-refractivity contribution in [3.8, 4) is 5.75 Å². The Morgan fingerprint density at radius 3 is 1.69 bits per heavy atom. The number of ether oxygens (including phenoxy) is 4. The zero-order valence-corrected chi connectivity index (χ0v) is 24.9. The van der Waals surface area contributed by atoms with E-state index in [1.165, 1.54) is 4.90 Å². The van der Waals surface area contributed by atoms with Crippen molar-refractivity contribution in [1.29, 1.82) is 0 Å². The molecule has 0 spiro atoms. The third-order valence-electron chi connectivity index (χ3n) is 4.75. The zero-order valence-electron chi connectivity index (χ0n) is 24.9. The highest BCUT2D eigenvalue weighted by Gasteiger charge is 2.34. The summed E-state index contributed by atoms with van der Waals surface area (Å²) >= 11 is 0. The fourth-order valence-electron chi connectivity index (χ4n) is 3.46. The van der Waals surface area contributed by atoms with Crippen molar-refractivity contribution in [3.05, 3.63) is 30.3 Å². The molecule has 1 N–H and O–H groups in total. The number of benzene rings is 1. The maximum atomic E-state index is 13.3. The van der Waals surface area contributed by atoms with E-state index in [2.05, 4.69) is 5.32 Å². The first-order valence-corrected chi connectivity index (χ1v) is 13.3. The average molecular weight is 551 g/mol. The highest BCUT2D eigenvalue weighted by Crippen LogP contribution is 2.18. The first kappa shape index (κ1) is 33.9. The van der Waals surface area contributed by atoms with Crippen LogP contribution < -0.4 is 10.1 Å². The molecule has 220 valence electrons. The lowest BCUT2D eigenvalue weighted by molar-refractivity contribution is -0.168.